The molecular weight excluding hydrogens is 268 g/mol. The van der Waals surface area contributed by atoms with Gasteiger partial charge in [-0.05, 0) is 31.0 Å². The van der Waals surface area contributed by atoms with Gasteiger partial charge in [-0.1, -0.05) is 0 Å². The molecule has 0 bridgehead atoms. The summed E-state index contributed by atoms with van der Waals surface area (Å²) < 4.78 is 31.4. The van der Waals surface area contributed by atoms with Crippen LogP contribution in [0.2, 0.25) is 0 Å². The maximum atomic E-state index is 13.6. The Morgan fingerprint density at radius 2 is 2.10 bits per heavy atom. The minimum Gasteiger partial charge on any atom is -0.469 e. The molecule has 1 saturated heterocycles. The van der Waals surface area contributed by atoms with Gasteiger partial charge in [0.05, 0.1) is 18.6 Å². The van der Waals surface area contributed by atoms with E-state index in [0.29, 0.717) is 19.4 Å². The molecule has 6 heteroatoms. The summed E-state index contributed by atoms with van der Waals surface area (Å²) in [5, 5.41) is 0. The molecule has 1 fully saturated rings. The van der Waals surface area contributed by atoms with E-state index in [0.717, 1.165) is 18.2 Å². The van der Waals surface area contributed by atoms with Crippen molar-refractivity contribution < 1.29 is 23.1 Å². The van der Waals surface area contributed by atoms with Crippen molar-refractivity contribution in [2.24, 2.45) is 5.92 Å². The molecule has 1 unspecified atom stereocenters. The van der Waals surface area contributed by atoms with Gasteiger partial charge in [0.2, 0.25) is 0 Å². The number of benzene rings is 1. The lowest BCUT2D eigenvalue weighted by atomic mass is 9.97. The van der Waals surface area contributed by atoms with Crippen molar-refractivity contribution in [2.75, 3.05) is 20.2 Å². The number of halogens is 2. The molecule has 1 aliphatic rings. The monoisotopic (exact) mass is 283 g/mol. The number of piperidine rings is 1. The van der Waals surface area contributed by atoms with E-state index in [1.807, 2.05) is 0 Å². The van der Waals surface area contributed by atoms with E-state index in [1.165, 1.54) is 12.0 Å². The average Bonchev–Trinajstić information content (AvgIpc) is 2.48. The standard InChI is InChI=1S/C14H15F2NO3/c1-20-14(19)9-3-2-6-17(8-9)13(18)11-7-10(15)4-5-12(11)16/h4-5,7,9H,2-3,6,8H2,1H3. The topological polar surface area (TPSA) is 46.6 Å². The van der Waals surface area contributed by atoms with E-state index >= 15 is 0 Å². The lowest BCUT2D eigenvalue weighted by Crippen LogP contribution is -2.43. The summed E-state index contributed by atoms with van der Waals surface area (Å²) in [5.74, 6) is -2.83. The molecule has 4 nitrogen and oxygen atoms in total. The Kier molecular flexibility index (Phi) is 4.32. The number of rotatable bonds is 2. The van der Waals surface area contributed by atoms with Crippen LogP contribution in [0.4, 0.5) is 8.78 Å². The van der Waals surface area contributed by atoms with E-state index in [-0.39, 0.29) is 18.1 Å². The lowest BCUT2D eigenvalue weighted by Gasteiger charge is -2.31. The lowest BCUT2D eigenvalue weighted by molar-refractivity contribution is -0.146. The van der Waals surface area contributed by atoms with E-state index in [2.05, 4.69) is 4.74 Å². The van der Waals surface area contributed by atoms with Gasteiger partial charge in [0.1, 0.15) is 11.6 Å². The van der Waals surface area contributed by atoms with Gasteiger partial charge in [-0.2, -0.15) is 0 Å². The number of esters is 1. The summed E-state index contributed by atoms with van der Waals surface area (Å²) in [5.41, 5.74) is -0.310. The van der Waals surface area contributed by atoms with E-state index < -0.39 is 23.5 Å². The number of amides is 1. The van der Waals surface area contributed by atoms with E-state index in [9.17, 15) is 18.4 Å². The molecule has 1 aromatic carbocycles. The number of carbonyl (C=O) groups is 2. The predicted octanol–water partition coefficient (Wildman–Crippen LogP) is 1.99. The van der Waals surface area contributed by atoms with Gasteiger partial charge in [-0.15, -0.1) is 0 Å². The van der Waals surface area contributed by atoms with Crippen LogP contribution in [0.5, 0.6) is 0 Å². The molecule has 0 aliphatic carbocycles. The van der Waals surface area contributed by atoms with Crippen molar-refractivity contribution >= 4 is 11.9 Å². The fourth-order valence-corrected chi connectivity index (χ4v) is 2.35. The molecular formula is C14H15F2NO3. The van der Waals surface area contributed by atoms with Crippen molar-refractivity contribution in [3.8, 4) is 0 Å². The van der Waals surface area contributed by atoms with Crippen LogP contribution in [-0.2, 0) is 9.53 Å². The molecule has 1 atom stereocenters. The minimum absolute atomic E-state index is 0.168. The van der Waals surface area contributed by atoms with Gasteiger partial charge in [-0.25, -0.2) is 8.78 Å². The highest BCUT2D eigenvalue weighted by Gasteiger charge is 2.30. The van der Waals surface area contributed by atoms with Gasteiger partial charge < -0.3 is 9.64 Å². The van der Waals surface area contributed by atoms with Crippen LogP contribution in [0.25, 0.3) is 0 Å². The second-order valence-electron chi connectivity index (χ2n) is 4.74. The quantitative estimate of drug-likeness (QED) is 0.780. The van der Waals surface area contributed by atoms with Crippen LogP contribution in [0.1, 0.15) is 23.2 Å². The Bertz CT molecular complexity index is 533. The Morgan fingerprint density at radius 1 is 1.35 bits per heavy atom. The number of likely N-dealkylation sites (tertiary alicyclic amines) is 1. The minimum atomic E-state index is -0.767. The van der Waals surface area contributed by atoms with Gasteiger partial charge in [0.25, 0.3) is 5.91 Å². The molecule has 0 saturated carbocycles. The molecule has 20 heavy (non-hydrogen) atoms. The smallest absolute Gasteiger partial charge is 0.310 e. The summed E-state index contributed by atoms with van der Waals surface area (Å²) in [7, 11) is 1.29. The second-order valence-corrected chi connectivity index (χ2v) is 4.74. The van der Waals surface area contributed by atoms with Crippen molar-refractivity contribution in [1.29, 1.82) is 0 Å². The maximum absolute atomic E-state index is 13.6. The molecule has 0 N–H and O–H groups in total. The van der Waals surface area contributed by atoms with Gasteiger partial charge >= 0.3 is 5.97 Å². The molecule has 1 aromatic rings. The zero-order valence-electron chi connectivity index (χ0n) is 11.1. The molecule has 0 spiro atoms. The van der Waals surface area contributed by atoms with E-state index in [4.69, 9.17) is 0 Å². The van der Waals surface area contributed by atoms with Crippen molar-refractivity contribution in [1.82, 2.24) is 4.90 Å². The van der Waals surface area contributed by atoms with Crippen molar-refractivity contribution in [2.45, 2.75) is 12.8 Å². The number of nitrogens with zero attached hydrogens (tertiary/aromatic N) is 1. The van der Waals surface area contributed by atoms with Crippen LogP contribution < -0.4 is 0 Å². The highest BCUT2D eigenvalue weighted by molar-refractivity contribution is 5.94. The summed E-state index contributed by atoms with van der Waals surface area (Å²) in [6.45, 7) is 0.587. The number of hydrogen-bond acceptors (Lipinski definition) is 3. The van der Waals surface area contributed by atoms with Crippen LogP contribution >= 0.6 is 0 Å². The molecule has 2 rings (SSSR count). The Labute approximate surface area is 115 Å². The number of hydrogen-bond donors (Lipinski definition) is 0. The van der Waals surface area contributed by atoms with Crippen LogP contribution in [-0.4, -0.2) is 37.0 Å². The third-order valence-electron chi connectivity index (χ3n) is 3.40. The molecule has 1 heterocycles. The Balaban J connectivity index is 2.16. The highest BCUT2D eigenvalue weighted by Crippen LogP contribution is 2.21. The van der Waals surface area contributed by atoms with Crippen LogP contribution in [0, 0.1) is 17.6 Å². The molecule has 0 radical (unpaired) electrons. The van der Waals surface area contributed by atoms with Gasteiger partial charge in [-0.3, -0.25) is 9.59 Å². The third-order valence-corrected chi connectivity index (χ3v) is 3.40. The summed E-state index contributed by atoms with van der Waals surface area (Å²) >= 11 is 0. The molecule has 1 aliphatic heterocycles. The first-order valence-electron chi connectivity index (χ1n) is 6.35. The van der Waals surface area contributed by atoms with Gasteiger partial charge in [0, 0.05) is 13.1 Å². The normalized spacial score (nSPS) is 18.8. The zero-order valence-corrected chi connectivity index (χ0v) is 11.1. The maximum Gasteiger partial charge on any atom is 0.310 e. The fourth-order valence-electron chi connectivity index (χ4n) is 2.35. The third kappa shape index (κ3) is 2.95. The molecule has 0 aromatic heterocycles. The first-order chi connectivity index (χ1) is 9.52. The summed E-state index contributed by atoms with van der Waals surface area (Å²) in [6.07, 6.45) is 1.25. The number of ether oxygens (including phenoxy) is 1. The van der Waals surface area contributed by atoms with E-state index in [1.54, 1.807) is 0 Å². The molecule has 108 valence electrons. The number of methoxy groups -OCH3 is 1. The highest BCUT2D eigenvalue weighted by atomic mass is 19.1. The molecule has 1 amide bonds. The van der Waals surface area contributed by atoms with Crippen molar-refractivity contribution in [3.05, 3.63) is 35.4 Å². The summed E-state index contributed by atoms with van der Waals surface area (Å²) in [6, 6.07) is 2.75. The zero-order chi connectivity index (χ0) is 14.7. The Hall–Kier alpha value is -1.98. The first-order valence-corrected chi connectivity index (χ1v) is 6.35. The predicted molar refractivity (Wildman–Crippen MR) is 67.0 cm³/mol. The Morgan fingerprint density at radius 3 is 2.80 bits per heavy atom. The van der Waals surface area contributed by atoms with Gasteiger partial charge in [0.15, 0.2) is 0 Å². The largest absolute Gasteiger partial charge is 0.469 e. The summed E-state index contributed by atoms with van der Waals surface area (Å²) in [4.78, 5) is 25.1. The van der Waals surface area contributed by atoms with Crippen molar-refractivity contribution in [3.63, 3.8) is 0 Å². The number of carbonyl (C=O) groups excluding carboxylic acids is 2. The SMILES string of the molecule is COC(=O)C1CCCN(C(=O)c2cc(F)ccc2F)C1. The average molecular weight is 283 g/mol. The fraction of sp³-hybridized carbons (Fsp3) is 0.429. The second kappa shape index (κ2) is 5.98. The van der Waals surface area contributed by atoms with Crippen LogP contribution in [0.3, 0.4) is 0 Å². The first kappa shape index (κ1) is 14.4. The van der Waals surface area contributed by atoms with Crippen LogP contribution in [0.15, 0.2) is 18.2 Å².